The van der Waals surface area contributed by atoms with Crippen molar-refractivity contribution in [1.82, 2.24) is 14.4 Å². The minimum Gasteiger partial charge on any atom is -0.410 e. The number of alkyl halides is 3. The van der Waals surface area contributed by atoms with E-state index in [-0.39, 0.29) is 27.4 Å². The van der Waals surface area contributed by atoms with Gasteiger partial charge in [-0.3, -0.25) is 4.40 Å². The number of anilines is 1. The fraction of sp³-hybridized carbons (Fsp3) is 0.647. The third-order valence-electron chi connectivity index (χ3n) is 5.68. The normalized spacial score (nSPS) is 21.6. The van der Waals surface area contributed by atoms with Crippen LogP contribution in [0.25, 0.3) is 5.65 Å². The maximum Gasteiger partial charge on any atom is 0.434 e. The summed E-state index contributed by atoms with van der Waals surface area (Å²) in [5.41, 5.74) is -0.663. The SMILES string of the molecule is C[C@H]1[C@H](O[Si](C)(C)C(C)(C)C)CN1c1nc(Br)c(C(F)(F)F)n2ccnc12. The first-order chi connectivity index (χ1) is 12.2. The van der Waals surface area contributed by atoms with Gasteiger partial charge in [0.1, 0.15) is 4.60 Å². The molecule has 1 saturated heterocycles. The monoisotopic (exact) mass is 464 g/mol. The molecule has 0 radical (unpaired) electrons. The Kier molecular flexibility index (Phi) is 4.92. The van der Waals surface area contributed by atoms with Crippen LogP contribution in [0.4, 0.5) is 19.0 Å². The molecule has 0 amide bonds. The van der Waals surface area contributed by atoms with Gasteiger partial charge in [-0.2, -0.15) is 13.2 Å². The van der Waals surface area contributed by atoms with Crippen molar-refractivity contribution in [2.45, 2.75) is 64.1 Å². The summed E-state index contributed by atoms with van der Waals surface area (Å²) >= 11 is 2.99. The Labute approximate surface area is 166 Å². The Morgan fingerprint density at radius 3 is 2.41 bits per heavy atom. The van der Waals surface area contributed by atoms with Crippen LogP contribution in [0, 0.1) is 0 Å². The Bertz CT molecular complexity index is 862. The molecule has 3 heterocycles. The van der Waals surface area contributed by atoms with Gasteiger partial charge >= 0.3 is 6.18 Å². The molecule has 0 unspecified atom stereocenters. The van der Waals surface area contributed by atoms with Crippen molar-refractivity contribution in [3.8, 4) is 0 Å². The summed E-state index contributed by atoms with van der Waals surface area (Å²) in [6.45, 7) is 13.5. The van der Waals surface area contributed by atoms with Gasteiger partial charge in [0.05, 0.1) is 12.1 Å². The Morgan fingerprint density at radius 1 is 1.26 bits per heavy atom. The summed E-state index contributed by atoms with van der Waals surface area (Å²) < 4.78 is 47.4. The molecule has 1 fully saturated rings. The van der Waals surface area contributed by atoms with Crippen LogP contribution >= 0.6 is 15.9 Å². The minimum atomic E-state index is -4.53. The molecule has 0 saturated carbocycles. The Morgan fingerprint density at radius 2 is 1.89 bits per heavy atom. The quantitative estimate of drug-likeness (QED) is 0.591. The molecular formula is C17H24BrF3N4OSi. The predicted molar refractivity (Wildman–Crippen MR) is 105 cm³/mol. The second-order valence-corrected chi connectivity index (χ2v) is 14.0. The van der Waals surface area contributed by atoms with E-state index in [4.69, 9.17) is 4.43 Å². The smallest absolute Gasteiger partial charge is 0.410 e. The number of halogens is 4. The highest BCUT2D eigenvalue weighted by atomic mass is 79.9. The van der Waals surface area contributed by atoms with Gasteiger partial charge in [-0.05, 0) is 41.0 Å². The van der Waals surface area contributed by atoms with E-state index >= 15 is 0 Å². The third-order valence-corrected chi connectivity index (χ3v) is 10.7. The summed E-state index contributed by atoms with van der Waals surface area (Å²) in [6, 6.07) is 0.00996. The molecule has 27 heavy (non-hydrogen) atoms. The van der Waals surface area contributed by atoms with Gasteiger partial charge in [0.2, 0.25) is 0 Å². The van der Waals surface area contributed by atoms with Crippen molar-refractivity contribution < 1.29 is 17.6 Å². The van der Waals surface area contributed by atoms with Crippen LogP contribution in [0.15, 0.2) is 17.0 Å². The lowest BCUT2D eigenvalue weighted by atomic mass is 10.0. The van der Waals surface area contributed by atoms with Crippen LogP contribution in [-0.2, 0) is 10.6 Å². The largest absolute Gasteiger partial charge is 0.434 e. The molecule has 150 valence electrons. The Balaban J connectivity index is 1.90. The standard InChI is InChI=1S/C17H24BrF3N4OSi/c1-10-11(26-27(5,6)16(2,3)4)9-25(10)15-14-22-7-8-24(14)12(13(18)23-15)17(19,20)21/h7-8,10-11H,9H2,1-6H3/t10-,11+/m0/s1. The van der Waals surface area contributed by atoms with E-state index in [1.807, 2.05) is 11.8 Å². The molecule has 2 aromatic heterocycles. The average molecular weight is 465 g/mol. The van der Waals surface area contributed by atoms with Gasteiger partial charge in [0.15, 0.2) is 25.5 Å². The third kappa shape index (κ3) is 3.51. The van der Waals surface area contributed by atoms with Crippen molar-refractivity contribution in [2.24, 2.45) is 0 Å². The molecule has 1 aliphatic heterocycles. The van der Waals surface area contributed by atoms with Crippen LogP contribution in [0.2, 0.25) is 18.1 Å². The maximum atomic E-state index is 13.4. The highest BCUT2D eigenvalue weighted by Gasteiger charge is 2.46. The lowest BCUT2D eigenvalue weighted by molar-refractivity contribution is -0.142. The van der Waals surface area contributed by atoms with Gasteiger partial charge in [-0.25, -0.2) is 9.97 Å². The summed E-state index contributed by atoms with van der Waals surface area (Å²) in [4.78, 5) is 10.3. The Hall–Kier alpha value is -1.13. The van der Waals surface area contributed by atoms with Gasteiger partial charge < -0.3 is 9.33 Å². The molecule has 0 bridgehead atoms. The minimum absolute atomic E-state index is 0.00996. The van der Waals surface area contributed by atoms with Crippen molar-refractivity contribution in [2.75, 3.05) is 11.4 Å². The van der Waals surface area contributed by atoms with E-state index in [1.165, 1.54) is 12.4 Å². The first-order valence-corrected chi connectivity index (χ1v) is 12.5. The number of aromatic nitrogens is 3. The lowest BCUT2D eigenvalue weighted by Gasteiger charge is -2.51. The maximum absolute atomic E-state index is 13.4. The summed E-state index contributed by atoms with van der Waals surface area (Å²) in [5.74, 6) is 0.433. The van der Waals surface area contributed by atoms with Crippen molar-refractivity contribution in [3.63, 3.8) is 0 Å². The fourth-order valence-electron chi connectivity index (χ4n) is 2.94. The number of hydrogen-bond acceptors (Lipinski definition) is 4. The first kappa shape index (κ1) is 20.6. The molecule has 0 aromatic carbocycles. The molecule has 5 nitrogen and oxygen atoms in total. The van der Waals surface area contributed by atoms with E-state index in [9.17, 15) is 13.2 Å². The van der Waals surface area contributed by atoms with Gasteiger partial charge in [-0.1, -0.05) is 20.8 Å². The van der Waals surface area contributed by atoms with E-state index < -0.39 is 20.2 Å². The zero-order valence-electron chi connectivity index (χ0n) is 16.2. The summed E-state index contributed by atoms with van der Waals surface area (Å²) in [5, 5.41) is 0.0964. The van der Waals surface area contributed by atoms with E-state index in [1.54, 1.807) is 0 Å². The predicted octanol–water partition coefficient (Wildman–Crippen LogP) is 5.11. The molecule has 1 aliphatic rings. The molecule has 0 aliphatic carbocycles. The average Bonchev–Trinajstić information content (AvgIpc) is 2.96. The number of rotatable bonds is 3. The van der Waals surface area contributed by atoms with Gasteiger partial charge in [-0.15, -0.1) is 0 Å². The molecule has 0 N–H and O–H groups in total. The highest BCUT2D eigenvalue weighted by Crippen LogP contribution is 2.42. The van der Waals surface area contributed by atoms with Crippen LogP contribution in [0.3, 0.4) is 0 Å². The number of nitrogens with zero attached hydrogens (tertiary/aromatic N) is 4. The van der Waals surface area contributed by atoms with Crippen molar-refractivity contribution in [1.29, 1.82) is 0 Å². The first-order valence-electron chi connectivity index (χ1n) is 8.78. The van der Waals surface area contributed by atoms with Gasteiger partial charge in [0.25, 0.3) is 0 Å². The lowest BCUT2D eigenvalue weighted by Crippen LogP contribution is -2.64. The van der Waals surface area contributed by atoms with Crippen LogP contribution < -0.4 is 4.90 Å². The van der Waals surface area contributed by atoms with Crippen LogP contribution in [0.5, 0.6) is 0 Å². The van der Waals surface area contributed by atoms with E-state index in [0.717, 1.165) is 4.40 Å². The second kappa shape index (κ2) is 6.45. The molecule has 10 heteroatoms. The topological polar surface area (TPSA) is 42.7 Å². The number of imidazole rings is 1. The van der Waals surface area contributed by atoms with Gasteiger partial charge in [0, 0.05) is 18.9 Å². The zero-order chi connectivity index (χ0) is 20.4. The van der Waals surface area contributed by atoms with Crippen LogP contribution in [0.1, 0.15) is 33.4 Å². The fourth-order valence-corrected chi connectivity index (χ4v) is 4.90. The molecular weight excluding hydrogens is 441 g/mol. The molecule has 3 rings (SSSR count). The zero-order valence-corrected chi connectivity index (χ0v) is 18.8. The number of hydrogen-bond donors (Lipinski definition) is 0. The number of fused-ring (bicyclic) bond motifs is 1. The van der Waals surface area contributed by atoms with Crippen molar-refractivity contribution in [3.05, 3.63) is 22.7 Å². The van der Waals surface area contributed by atoms with E-state index in [2.05, 4.69) is 59.8 Å². The molecule has 0 spiro atoms. The summed E-state index contributed by atoms with van der Waals surface area (Å²) in [6.07, 6.45) is -1.83. The van der Waals surface area contributed by atoms with Crippen molar-refractivity contribution >= 4 is 35.7 Å². The molecule has 2 atom stereocenters. The molecule has 2 aromatic rings. The second-order valence-electron chi connectivity index (χ2n) is 8.50. The summed E-state index contributed by atoms with van der Waals surface area (Å²) in [7, 11) is -1.92. The van der Waals surface area contributed by atoms with E-state index in [0.29, 0.717) is 12.4 Å². The van der Waals surface area contributed by atoms with Crippen LogP contribution in [-0.4, -0.2) is 41.4 Å². The highest BCUT2D eigenvalue weighted by molar-refractivity contribution is 9.10.